The lowest BCUT2D eigenvalue weighted by molar-refractivity contribution is 0.199. The molecule has 0 radical (unpaired) electrons. The van der Waals surface area contributed by atoms with Gasteiger partial charge in [-0.2, -0.15) is 0 Å². The van der Waals surface area contributed by atoms with Crippen LogP contribution < -0.4 is 5.73 Å². The standard InChI is InChI=1S/C12H19NO/c1-10(14)12-7-4-6-11(9-12)5-2-3-8-13/h4,6-7,9-10,14H,2-3,5,8,13H2,1H3. The molecule has 2 heteroatoms. The summed E-state index contributed by atoms with van der Waals surface area (Å²) >= 11 is 0. The SMILES string of the molecule is CC(O)c1cccc(CCCCN)c1. The Morgan fingerprint density at radius 3 is 2.79 bits per heavy atom. The second-order valence-electron chi connectivity index (χ2n) is 3.67. The van der Waals surface area contributed by atoms with Gasteiger partial charge in [-0.25, -0.2) is 0 Å². The maximum absolute atomic E-state index is 9.40. The van der Waals surface area contributed by atoms with Gasteiger partial charge in [-0.15, -0.1) is 0 Å². The molecular weight excluding hydrogens is 174 g/mol. The fourth-order valence-corrected chi connectivity index (χ4v) is 1.48. The molecule has 0 saturated heterocycles. The summed E-state index contributed by atoms with van der Waals surface area (Å²) < 4.78 is 0. The van der Waals surface area contributed by atoms with Crippen LogP contribution in [0, 0.1) is 0 Å². The third kappa shape index (κ3) is 3.48. The second kappa shape index (κ2) is 5.78. The third-order valence-electron chi connectivity index (χ3n) is 2.35. The van der Waals surface area contributed by atoms with Crippen LogP contribution in [0.1, 0.15) is 37.0 Å². The lowest BCUT2D eigenvalue weighted by Crippen LogP contribution is -1.99. The summed E-state index contributed by atoms with van der Waals surface area (Å²) in [5, 5.41) is 9.40. The second-order valence-corrected chi connectivity index (χ2v) is 3.67. The first kappa shape index (κ1) is 11.2. The highest BCUT2D eigenvalue weighted by Gasteiger charge is 2.00. The Morgan fingerprint density at radius 1 is 1.36 bits per heavy atom. The minimum Gasteiger partial charge on any atom is -0.389 e. The smallest absolute Gasteiger partial charge is 0.0762 e. The largest absolute Gasteiger partial charge is 0.389 e. The van der Waals surface area contributed by atoms with Gasteiger partial charge in [-0.05, 0) is 43.9 Å². The molecule has 0 aliphatic rings. The first-order valence-electron chi connectivity index (χ1n) is 5.21. The van der Waals surface area contributed by atoms with Crippen LogP contribution in [0.3, 0.4) is 0 Å². The molecule has 14 heavy (non-hydrogen) atoms. The van der Waals surface area contributed by atoms with E-state index in [2.05, 4.69) is 12.1 Å². The molecular formula is C12H19NO. The third-order valence-corrected chi connectivity index (χ3v) is 2.35. The van der Waals surface area contributed by atoms with Crippen molar-refractivity contribution in [2.45, 2.75) is 32.3 Å². The van der Waals surface area contributed by atoms with Gasteiger partial charge in [0, 0.05) is 0 Å². The van der Waals surface area contributed by atoms with Crippen molar-refractivity contribution in [3.8, 4) is 0 Å². The van der Waals surface area contributed by atoms with Crippen molar-refractivity contribution in [3.63, 3.8) is 0 Å². The van der Waals surface area contributed by atoms with Gasteiger partial charge in [-0.1, -0.05) is 24.3 Å². The minimum absolute atomic E-state index is 0.371. The van der Waals surface area contributed by atoms with Crippen LogP contribution in [-0.2, 0) is 6.42 Å². The van der Waals surface area contributed by atoms with Gasteiger partial charge in [0.25, 0.3) is 0 Å². The molecule has 1 aromatic carbocycles. The van der Waals surface area contributed by atoms with Gasteiger partial charge < -0.3 is 10.8 Å². The highest BCUT2D eigenvalue weighted by atomic mass is 16.3. The van der Waals surface area contributed by atoms with Crippen LogP contribution >= 0.6 is 0 Å². The number of hydrogen-bond acceptors (Lipinski definition) is 2. The van der Waals surface area contributed by atoms with E-state index >= 15 is 0 Å². The van der Waals surface area contributed by atoms with Crippen molar-refractivity contribution in [1.29, 1.82) is 0 Å². The molecule has 1 unspecified atom stereocenters. The van der Waals surface area contributed by atoms with Gasteiger partial charge >= 0.3 is 0 Å². The van der Waals surface area contributed by atoms with E-state index in [1.807, 2.05) is 12.1 Å². The minimum atomic E-state index is -0.371. The van der Waals surface area contributed by atoms with Gasteiger partial charge in [0.2, 0.25) is 0 Å². The number of aryl methyl sites for hydroxylation is 1. The number of nitrogens with two attached hydrogens (primary N) is 1. The number of unbranched alkanes of at least 4 members (excludes halogenated alkanes) is 1. The van der Waals surface area contributed by atoms with Gasteiger partial charge in [0.05, 0.1) is 6.10 Å². The van der Waals surface area contributed by atoms with E-state index in [1.54, 1.807) is 6.92 Å². The van der Waals surface area contributed by atoms with Gasteiger partial charge in [0.15, 0.2) is 0 Å². The highest BCUT2D eigenvalue weighted by Crippen LogP contribution is 2.14. The Hall–Kier alpha value is -0.860. The van der Waals surface area contributed by atoms with E-state index in [1.165, 1.54) is 5.56 Å². The van der Waals surface area contributed by atoms with Gasteiger partial charge in [-0.3, -0.25) is 0 Å². The van der Waals surface area contributed by atoms with E-state index in [4.69, 9.17) is 5.73 Å². The van der Waals surface area contributed by atoms with Gasteiger partial charge in [0.1, 0.15) is 0 Å². The molecule has 0 heterocycles. The summed E-state index contributed by atoms with van der Waals surface area (Å²) in [6, 6.07) is 8.13. The summed E-state index contributed by atoms with van der Waals surface area (Å²) in [4.78, 5) is 0. The number of rotatable bonds is 5. The average Bonchev–Trinajstić information content (AvgIpc) is 2.19. The van der Waals surface area contributed by atoms with Crippen LogP contribution in [0.4, 0.5) is 0 Å². The summed E-state index contributed by atoms with van der Waals surface area (Å²) in [5.41, 5.74) is 7.72. The first-order chi connectivity index (χ1) is 6.74. The fraction of sp³-hybridized carbons (Fsp3) is 0.500. The first-order valence-corrected chi connectivity index (χ1v) is 5.21. The van der Waals surface area contributed by atoms with Crippen molar-refractivity contribution in [2.75, 3.05) is 6.54 Å². The highest BCUT2D eigenvalue weighted by molar-refractivity contribution is 5.24. The molecule has 0 fully saturated rings. The topological polar surface area (TPSA) is 46.2 Å². The molecule has 0 aliphatic heterocycles. The Labute approximate surface area is 85.8 Å². The van der Waals surface area contributed by atoms with Crippen molar-refractivity contribution in [1.82, 2.24) is 0 Å². The average molecular weight is 193 g/mol. The van der Waals surface area contributed by atoms with E-state index in [0.29, 0.717) is 0 Å². The van der Waals surface area contributed by atoms with E-state index in [9.17, 15) is 5.11 Å². The van der Waals surface area contributed by atoms with Crippen molar-refractivity contribution in [3.05, 3.63) is 35.4 Å². The molecule has 0 amide bonds. The van der Waals surface area contributed by atoms with Crippen molar-refractivity contribution >= 4 is 0 Å². The lowest BCUT2D eigenvalue weighted by Gasteiger charge is -2.07. The predicted octanol–water partition coefficient (Wildman–Crippen LogP) is 2.02. The monoisotopic (exact) mass is 193 g/mol. The number of aliphatic hydroxyl groups excluding tert-OH is 1. The maximum atomic E-state index is 9.40. The lowest BCUT2D eigenvalue weighted by atomic mass is 10.0. The van der Waals surface area contributed by atoms with Crippen LogP contribution in [0.15, 0.2) is 24.3 Å². The molecule has 1 aromatic rings. The molecule has 78 valence electrons. The van der Waals surface area contributed by atoms with Crippen LogP contribution in [0.25, 0.3) is 0 Å². The molecule has 0 bridgehead atoms. The molecule has 2 nitrogen and oxygen atoms in total. The predicted molar refractivity (Wildman–Crippen MR) is 59.1 cm³/mol. The van der Waals surface area contributed by atoms with E-state index in [-0.39, 0.29) is 6.10 Å². The Morgan fingerprint density at radius 2 is 2.14 bits per heavy atom. The van der Waals surface area contributed by atoms with E-state index < -0.39 is 0 Å². The normalized spacial score (nSPS) is 12.8. The molecule has 0 aliphatic carbocycles. The van der Waals surface area contributed by atoms with E-state index in [0.717, 1.165) is 31.4 Å². The number of aliphatic hydroxyl groups is 1. The quantitative estimate of drug-likeness (QED) is 0.703. The zero-order chi connectivity index (χ0) is 10.4. The van der Waals surface area contributed by atoms with Crippen LogP contribution in [0.2, 0.25) is 0 Å². The Bertz CT molecular complexity index is 271. The van der Waals surface area contributed by atoms with Crippen LogP contribution in [0.5, 0.6) is 0 Å². The molecule has 0 saturated carbocycles. The summed E-state index contributed by atoms with van der Waals surface area (Å²) in [6.45, 7) is 2.55. The molecule has 1 atom stereocenters. The maximum Gasteiger partial charge on any atom is 0.0762 e. The summed E-state index contributed by atoms with van der Waals surface area (Å²) in [7, 11) is 0. The zero-order valence-corrected chi connectivity index (χ0v) is 8.74. The molecule has 1 rings (SSSR count). The molecule has 0 aromatic heterocycles. The number of benzene rings is 1. The molecule has 3 N–H and O–H groups in total. The zero-order valence-electron chi connectivity index (χ0n) is 8.74. The fourth-order valence-electron chi connectivity index (χ4n) is 1.48. The van der Waals surface area contributed by atoms with Crippen molar-refractivity contribution in [2.24, 2.45) is 5.73 Å². The Balaban J connectivity index is 2.55. The Kier molecular flexibility index (Phi) is 4.63. The summed E-state index contributed by atoms with van der Waals surface area (Å²) in [6.07, 6.45) is 2.88. The number of hydrogen-bond donors (Lipinski definition) is 2. The molecule has 0 spiro atoms. The van der Waals surface area contributed by atoms with Crippen LogP contribution in [-0.4, -0.2) is 11.7 Å². The summed E-state index contributed by atoms with van der Waals surface area (Å²) in [5.74, 6) is 0. The van der Waals surface area contributed by atoms with Crippen molar-refractivity contribution < 1.29 is 5.11 Å².